The topological polar surface area (TPSA) is 52.9 Å². The second-order valence-corrected chi connectivity index (χ2v) is 3.71. The smallest absolute Gasteiger partial charge is 0.204 e. The number of methoxy groups -OCH3 is 3. The lowest BCUT2D eigenvalue weighted by Crippen LogP contribution is -2.10. The standard InChI is InChI=1S/C12H16N2O3/c1-15-9-7-8-5-4-6-13-11(8)14-10(9)12(16-2)17-3/h6-7,12H,4-5H2,1-3H3. The fourth-order valence-corrected chi connectivity index (χ4v) is 1.86. The highest BCUT2D eigenvalue weighted by Gasteiger charge is 2.20. The summed E-state index contributed by atoms with van der Waals surface area (Å²) in [5.41, 5.74) is 1.72. The van der Waals surface area contributed by atoms with Gasteiger partial charge in [0.05, 0.1) is 7.11 Å². The fraction of sp³-hybridized carbons (Fsp3) is 0.500. The first kappa shape index (κ1) is 12.0. The van der Waals surface area contributed by atoms with Crippen LogP contribution in [0.15, 0.2) is 11.1 Å². The average molecular weight is 236 g/mol. The summed E-state index contributed by atoms with van der Waals surface area (Å²) in [5.74, 6) is 1.40. The molecule has 1 aliphatic rings. The lowest BCUT2D eigenvalue weighted by molar-refractivity contribution is -0.109. The second kappa shape index (κ2) is 5.25. The first-order valence-corrected chi connectivity index (χ1v) is 5.46. The minimum absolute atomic E-state index is 0.535. The summed E-state index contributed by atoms with van der Waals surface area (Å²) in [6.45, 7) is 0. The van der Waals surface area contributed by atoms with Gasteiger partial charge in [0.15, 0.2) is 5.82 Å². The number of nitrogens with zero attached hydrogens (tertiary/aromatic N) is 2. The van der Waals surface area contributed by atoms with E-state index in [9.17, 15) is 0 Å². The molecule has 2 rings (SSSR count). The Morgan fingerprint density at radius 2 is 2.00 bits per heavy atom. The Morgan fingerprint density at radius 1 is 1.24 bits per heavy atom. The first-order chi connectivity index (χ1) is 8.30. The molecule has 1 aromatic rings. The average Bonchev–Trinajstić information content (AvgIpc) is 2.39. The van der Waals surface area contributed by atoms with E-state index in [4.69, 9.17) is 14.2 Å². The number of aromatic nitrogens is 1. The molecular weight excluding hydrogens is 220 g/mol. The molecule has 0 fully saturated rings. The van der Waals surface area contributed by atoms with Crippen molar-refractivity contribution < 1.29 is 14.2 Å². The molecule has 0 N–H and O–H groups in total. The van der Waals surface area contributed by atoms with Crippen LogP contribution in [-0.2, 0) is 15.9 Å². The van der Waals surface area contributed by atoms with Crippen molar-refractivity contribution >= 4 is 12.0 Å². The SMILES string of the molecule is COc1cc2c(nc1C(OC)OC)N=CCC2. The number of aryl methyl sites for hydroxylation is 1. The van der Waals surface area contributed by atoms with Crippen LogP contribution < -0.4 is 4.74 Å². The molecule has 0 aliphatic carbocycles. The number of ether oxygens (including phenoxy) is 3. The van der Waals surface area contributed by atoms with E-state index in [0.29, 0.717) is 11.4 Å². The molecule has 0 saturated heterocycles. The van der Waals surface area contributed by atoms with Gasteiger partial charge in [-0.05, 0) is 18.9 Å². The van der Waals surface area contributed by atoms with Gasteiger partial charge in [0, 0.05) is 26.0 Å². The minimum Gasteiger partial charge on any atom is -0.495 e. The van der Waals surface area contributed by atoms with Gasteiger partial charge in [0.2, 0.25) is 6.29 Å². The predicted molar refractivity (Wildman–Crippen MR) is 64.0 cm³/mol. The summed E-state index contributed by atoms with van der Waals surface area (Å²) in [6.07, 6.45) is 3.22. The monoisotopic (exact) mass is 236 g/mol. The van der Waals surface area contributed by atoms with Crippen molar-refractivity contribution in [1.82, 2.24) is 4.98 Å². The highest BCUT2D eigenvalue weighted by Crippen LogP contribution is 2.33. The third-order valence-corrected chi connectivity index (χ3v) is 2.70. The van der Waals surface area contributed by atoms with Crippen LogP contribution in [0.25, 0.3) is 0 Å². The zero-order valence-corrected chi connectivity index (χ0v) is 10.3. The van der Waals surface area contributed by atoms with Gasteiger partial charge in [-0.1, -0.05) is 0 Å². The molecule has 17 heavy (non-hydrogen) atoms. The zero-order chi connectivity index (χ0) is 12.3. The van der Waals surface area contributed by atoms with E-state index in [1.165, 1.54) is 0 Å². The van der Waals surface area contributed by atoms with Crippen LogP contribution in [0.3, 0.4) is 0 Å². The molecule has 0 radical (unpaired) electrons. The third kappa shape index (κ3) is 2.30. The van der Waals surface area contributed by atoms with Gasteiger partial charge in [0.1, 0.15) is 11.4 Å². The third-order valence-electron chi connectivity index (χ3n) is 2.70. The maximum Gasteiger partial charge on any atom is 0.204 e. The Bertz CT molecular complexity index is 428. The molecule has 5 heteroatoms. The molecular formula is C12H16N2O3. The van der Waals surface area contributed by atoms with Gasteiger partial charge in [-0.2, -0.15) is 0 Å². The lowest BCUT2D eigenvalue weighted by atomic mass is 10.1. The number of rotatable bonds is 4. The summed E-state index contributed by atoms with van der Waals surface area (Å²) in [4.78, 5) is 8.73. The normalized spacial score (nSPS) is 13.9. The number of fused-ring (bicyclic) bond motifs is 1. The van der Waals surface area contributed by atoms with Crippen molar-refractivity contribution in [1.29, 1.82) is 0 Å². The number of hydrogen-bond donors (Lipinski definition) is 0. The number of hydrogen-bond acceptors (Lipinski definition) is 5. The summed E-state index contributed by atoms with van der Waals surface area (Å²) < 4.78 is 15.7. The summed E-state index contributed by atoms with van der Waals surface area (Å²) in [5, 5.41) is 0. The molecule has 2 heterocycles. The Hall–Kier alpha value is -1.46. The number of aliphatic imine (C=N–C) groups is 1. The fourth-order valence-electron chi connectivity index (χ4n) is 1.86. The van der Waals surface area contributed by atoms with E-state index in [0.717, 1.165) is 24.2 Å². The molecule has 0 spiro atoms. The maximum absolute atomic E-state index is 5.32. The zero-order valence-electron chi connectivity index (χ0n) is 10.3. The van der Waals surface area contributed by atoms with Gasteiger partial charge in [-0.15, -0.1) is 0 Å². The van der Waals surface area contributed by atoms with E-state index in [1.807, 2.05) is 12.3 Å². The predicted octanol–water partition coefficient (Wildman–Crippen LogP) is 2.03. The molecule has 0 amide bonds. The van der Waals surface area contributed by atoms with Crippen LogP contribution in [-0.4, -0.2) is 32.5 Å². The van der Waals surface area contributed by atoms with E-state index < -0.39 is 6.29 Å². The summed E-state index contributed by atoms with van der Waals surface area (Å²) in [7, 11) is 4.75. The molecule has 92 valence electrons. The Morgan fingerprint density at radius 3 is 2.65 bits per heavy atom. The molecule has 0 aromatic carbocycles. The Kier molecular flexibility index (Phi) is 3.71. The van der Waals surface area contributed by atoms with E-state index in [-0.39, 0.29) is 0 Å². The molecule has 1 aromatic heterocycles. The van der Waals surface area contributed by atoms with Gasteiger partial charge in [-0.25, -0.2) is 9.98 Å². The highest BCUT2D eigenvalue weighted by atomic mass is 16.7. The van der Waals surface area contributed by atoms with Gasteiger partial charge >= 0.3 is 0 Å². The van der Waals surface area contributed by atoms with Crippen LogP contribution >= 0.6 is 0 Å². The molecule has 0 unspecified atom stereocenters. The van der Waals surface area contributed by atoms with Crippen LogP contribution in [0, 0.1) is 0 Å². The molecule has 5 nitrogen and oxygen atoms in total. The van der Waals surface area contributed by atoms with Crippen molar-refractivity contribution in [2.75, 3.05) is 21.3 Å². The van der Waals surface area contributed by atoms with Crippen LogP contribution in [0.5, 0.6) is 5.75 Å². The van der Waals surface area contributed by atoms with Crippen LogP contribution in [0.1, 0.15) is 24.0 Å². The number of pyridine rings is 1. The van der Waals surface area contributed by atoms with Crippen molar-refractivity contribution in [2.45, 2.75) is 19.1 Å². The highest BCUT2D eigenvalue weighted by molar-refractivity contribution is 5.67. The van der Waals surface area contributed by atoms with Crippen molar-refractivity contribution in [2.24, 2.45) is 4.99 Å². The van der Waals surface area contributed by atoms with Crippen molar-refractivity contribution in [3.8, 4) is 5.75 Å². The van der Waals surface area contributed by atoms with Gasteiger partial charge in [-0.3, -0.25) is 0 Å². The molecule has 0 atom stereocenters. The largest absolute Gasteiger partial charge is 0.495 e. The first-order valence-electron chi connectivity index (χ1n) is 5.46. The summed E-state index contributed by atoms with van der Waals surface area (Å²) >= 11 is 0. The molecule has 1 aliphatic heterocycles. The van der Waals surface area contributed by atoms with Crippen molar-refractivity contribution in [3.05, 3.63) is 17.3 Å². The molecule has 0 bridgehead atoms. The maximum atomic E-state index is 5.32. The van der Waals surface area contributed by atoms with Crippen molar-refractivity contribution in [3.63, 3.8) is 0 Å². The Labute approximate surface area is 100 Å². The van der Waals surface area contributed by atoms with E-state index in [1.54, 1.807) is 21.3 Å². The molecule has 0 saturated carbocycles. The van der Waals surface area contributed by atoms with E-state index >= 15 is 0 Å². The second-order valence-electron chi connectivity index (χ2n) is 3.71. The summed E-state index contributed by atoms with van der Waals surface area (Å²) in [6, 6.07) is 1.96. The Balaban J connectivity index is 2.47. The minimum atomic E-state index is -0.535. The van der Waals surface area contributed by atoms with E-state index in [2.05, 4.69) is 9.98 Å². The van der Waals surface area contributed by atoms with Gasteiger partial charge in [0.25, 0.3) is 0 Å². The van der Waals surface area contributed by atoms with Crippen LogP contribution in [0.4, 0.5) is 5.82 Å². The van der Waals surface area contributed by atoms with Gasteiger partial charge < -0.3 is 14.2 Å². The lowest BCUT2D eigenvalue weighted by Gasteiger charge is -2.18. The quantitative estimate of drug-likeness (QED) is 0.750. The van der Waals surface area contributed by atoms with Crippen LogP contribution in [0.2, 0.25) is 0 Å².